The van der Waals surface area contributed by atoms with Crippen LogP contribution in [-0.2, 0) is 7.05 Å². The highest BCUT2D eigenvalue weighted by atomic mass is 16.3. The lowest BCUT2D eigenvalue weighted by atomic mass is 10.0. The van der Waals surface area contributed by atoms with Crippen LogP contribution in [0.4, 0.5) is 0 Å². The zero-order chi connectivity index (χ0) is 10.9. The van der Waals surface area contributed by atoms with Gasteiger partial charge in [0.2, 0.25) is 5.78 Å². The van der Waals surface area contributed by atoms with E-state index in [1.54, 1.807) is 11.6 Å². The number of carbonyl (C=O) groups excluding carboxylic acids is 1. The van der Waals surface area contributed by atoms with E-state index in [9.17, 15) is 9.90 Å². The van der Waals surface area contributed by atoms with E-state index in [4.69, 9.17) is 0 Å². The molecule has 1 rings (SSSR count). The van der Waals surface area contributed by atoms with Crippen molar-refractivity contribution in [2.24, 2.45) is 13.0 Å². The summed E-state index contributed by atoms with van der Waals surface area (Å²) in [7, 11) is 1.77. The number of rotatable bonds is 3. The Hall–Kier alpha value is -1.16. The molecular formula is C10H16N2O2. The average molecular weight is 196 g/mol. The van der Waals surface area contributed by atoms with E-state index in [2.05, 4.69) is 4.98 Å². The molecule has 1 heterocycles. The third-order valence-electron chi connectivity index (χ3n) is 2.37. The summed E-state index contributed by atoms with van der Waals surface area (Å²) in [5.74, 6) is 0.435. The summed E-state index contributed by atoms with van der Waals surface area (Å²) in [6.07, 6.45) is 0.563. The molecule has 14 heavy (non-hydrogen) atoms. The molecule has 0 amide bonds. The number of hydrogen-bond donors (Lipinski definition) is 1. The molecule has 1 atom stereocenters. The Labute approximate surface area is 83.6 Å². The van der Waals surface area contributed by atoms with Crippen LogP contribution in [0, 0.1) is 12.8 Å². The molecule has 0 aliphatic heterocycles. The molecule has 78 valence electrons. The molecule has 0 spiro atoms. The lowest BCUT2D eigenvalue weighted by Crippen LogP contribution is -2.27. The maximum absolute atomic E-state index is 11.7. The molecular weight excluding hydrogens is 180 g/mol. The molecule has 0 saturated heterocycles. The number of aryl methyl sites for hydroxylation is 1. The van der Waals surface area contributed by atoms with E-state index < -0.39 is 6.10 Å². The number of imidazole rings is 1. The minimum absolute atomic E-state index is 0.0716. The molecule has 4 heteroatoms. The fraction of sp³-hybridized carbons (Fsp3) is 0.600. The molecule has 0 radical (unpaired) electrons. The molecule has 1 aromatic rings. The predicted octanol–water partition coefficient (Wildman–Crippen LogP) is 0.928. The van der Waals surface area contributed by atoms with Crippen LogP contribution in [0.5, 0.6) is 0 Å². The topological polar surface area (TPSA) is 55.1 Å². The summed E-state index contributed by atoms with van der Waals surface area (Å²) in [5, 5.41) is 9.59. The molecule has 0 aromatic carbocycles. The first-order valence-electron chi connectivity index (χ1n) is 4.65. The standard InChI is InChI=1S/C10H16N2O2/c1-6(2)9(13)10(14)8-5-11-7(3)12(8)4/h5-6,9,13H,1-4H3. The Balaban J connectivity index is 2.95. The maximum atomic E-state index is 11.7. The number of aromatic nitrogens is 2. The van der Waals surface area contributed by atoms with Gasteiger partial charge in [-0.25, -0.2) is 4.98 Å². The fourth-order valence-electron chi connectivity index (χ4n) is 1.19. The third kappa shape index (κ3) is 1.85. The molecule has 0 aliphatic rings. The van der Waals surface area contributed by atoms with Crippen LogP contribution in [0.3, 0.4) is 0 Å². The van der Waals surface area contributed by atoms with Gasteiger partial charge in [0.1, 0.15) is 17.6 Å². The molecule has 1 aromatic heterocycles. The summed E-state index contributed by atoms with van der Waals surface area (Å²) in [4.78, 5) is 15.7. The van der Waals surface area contributed by atoms with Crippen molar-refractivity contribution in [3.8, 4) is 0 Å². The highest BCUT2D eigenvalue weighted by Crippen LogP contribution is 2.10. The molecule has 0 fully saturated rings. The minimum atomic E-state index is -0.940. The zero-order valence-corrected chi connectivity index (χ0v) is 8.98. The molecule has 1 unspecified atom stereocenters. The maximum Gasteiger partial charge on any atom is 0.209 e. The summed E-state index contributed by atoms with van der Waals surface area (Å²) in [5.41, 5.74) is 0.462. The van der Waals surface area contributed by atoms with Crippen molar-refractivity contribution in [3.05, 3.63) is 17.7 Å². The number of aliphatic hydroxyl groups is 1. The summed E-state index contributed by atoms with van der Waals surface area (Å²) >= 11 is 0. The largest absolute Gasteiger partial charge is 0.385 e. The van der Waals surface area contributed by atoms with Crippen LogP contribution >= 0.6 is 0 Å². The van der Waals surface area contributed by atoms with Crippen LogP contribution in [0.2, 0.25) is 0 Å². The number of aliphatic hydroxyl groups excluding tert-OH is 1. The second kappa shape index (κ2) is 3.92. The van der Waals surface area contributed by atoms with Gasteiger partial charge < -0.3 is 9.67 Å². The monoisotopic (exact) mass is 196 g/mol. The van der Waals surface area contributed by atoms with E-state index in [-0.39, 0.29) is 11.7 Å². The zero-order valence-electron chi connectivity index (χ0n) is 8.98. The van der Waals surface area contributed by atoms with E-state index >= 15 is 0 Å². The second-order valence-corrected chi connectivity index (χ2v) is 3.80. The van der Waals surface area contributed by atoms with E-state index in [0.29, 0.717) is 5.69 Å². The minimum Gasteiger partial charge on any atom is -0.385 e. The van der Waals surface area contributed by atoms with Gasteiger partial charge in [-0.05, 0) is 12.8 Å². The third-order valence-corrected chi connectivity index (χ3v) is 2.37. The van der Waals surface area contributed by atoms with Crippen LogP contribution < -0.4 is 0 Å². The Morgan fingerprint density at radius 2 is 2.14 bits per heavy atom. The van der Waals surface area contributed by atoms with Gasteiger partial charge in [0.05, 0.1) is 6.20 Å². The SMILES string of the molecule is Cc1ncc(C(=O)C(O)C(C)C)n1C. The summed E-state index contributed by atoms with van der Waals surface area (Å²) in [6, 6.07) is 0. The van der Waals surface area contributed by atoms with Gasteiger partial charge in [0.25, 0.3) is 0 Å². The number of nitrogens with zero attached hydrogens (tertiary/aromatic N) is 2. The van der Waals surface area contributed by atoms with Crippen molar-refractivity contribution in [2.45, 2.75) is 26.9 Å². The van der Waals surface area contributed by atoms with E-state index in [0.717, 1.165) is 5.82 Å². The van der Waals surface area contributed by atoms with Crippen molar-refractivity contribution in [1.82, 2.24) is 9.55 Å². The van der Waals surface area contributed by atoms with E-state index in [1.165, 1.54) is 6.20 Å². The first-order valence-corrected chi connectivity index (χ1v) is 4.65. The lowest BCUT2D eigenvalue weighted by molar-refractivity contribution is 0.0638. The van der Waals surface area contributed by atoms with Gasteiger partial charge in [-0.2, -0.15) is 0 Å². The Morgan fingerprint density at radius 1 is 1.57 bits per heavy atom. The smallest absolute Gasteiger partial charge is 0.209 e. The highest BCUT2D eigenvalue weighted by molar-refractivity contribution is 5.97. The van der Waals surface area contributed by atoms with Gasteiger partial charge in [-0.3, -0.25) is 4.79 Å². The van der Waals surface area contributed by atoms with Gasteiger partial charge >= 0.3 is 0 Å². The van der Waals surface area contributed by atoms with E-state index in [1.807, 2.05) is 20.8 Å². The van der Waals surface area contributed by atoms with Crippen LogP contribution in [0.1, 0.15) is 30.2 Å². The normalized spacial score (nSPS) is 13.3. The quantitative estimate of drug-likeness (QED) is 0.732. The van der Waals surface area contributed by atoms with Gasteiger partial charge in [-0.15, -0.1) is 0 Å². The van der Waals surface area contributed by atoms with Crippen molar-refractivity contribution in [2.75, 3.05) is 0 Å². The second-order valence-electron chi connectivity index (χ2n) is 3.80. The molecule has 0 bridgehead atoms. The predicted molar refractivity (Wildman–Crippen MR) is 53.1 cm³/mol. The average Bonchev–Trinajstić information content (AvgIpc) is 2.45. The van der Waals surface area contributed by atoms with Gasteiger partial charge in [0.15, 0.2) is 0 Å². The van der Waals surface area contributed by atoms with Gasteiger partial charge in [0, 0.05) is 7.05 Å². The number of Topliss-reactive ketones (excluding diaryl/α,β-unsaturated/α-hetero) is 1. The van der Waals surface area contributed by atoms with Crippen LogP contribution in [0.25, 0.3) is 0 Å². The fourth-order valence-corrected chi connectivity index (χ4v) is 1.19. The molecule has 0 saturated carbocycles. The molecule has 1 N–H and O–H groups in total. The highest BCUT2D eigenvalue weighted by Gasteiger charge is 2.23. The van der Waals surface area contributed by atoms with Crippen LogP contribution in [-0.4, -0.2) is 26.5 Å². The van der Waals surface area contributed by atoms with Crippen molar-refractivity contribution in [1.29, 1.82) is 0 Å². The first kappa shape index (κ1) is 10.9. The number of carbonyl (C=O) groups is 1. The Bertz CT molecular complexity index is 342. The van der Waals surface area contributed by atoms with Crippen LogP contribution in [0.15, 0.2) is 6.20 Å². The first-order chi connectivity index (χ1) is 6.45. The summed E-state index contributed by atoms with van der Waals surface area (Å²) < 4.78 is 1.69. The van der Waals surface area contributed by atoms with Crippen molar-refractivity contribution < 1.29 is 9.90 Å². The summed E-state index contributed by atoms with van der Waals surface area (Å²) in [6.45, 7) is 5.44. The number of ketones is 1. The Kier molecular flexibility index (Phi) is 3.06. The van der Waals surface area contributed by atoms with Gasteiger partial charge in [-0.1, -0.05) is 13.8 Å². The molecule has 4 nitrogen and oxygen atoms in total. The lowest BCUT2D eigenvalue weighted by Gasteiger charge is -2.13. The van der Waals surface area contributed by atoms with Crippen molar-refractivity contribution >= 4 is 5.78 Å². The number of hydrogen-bond acceptors (Lipinski definition) is 3. The molecule has 0 aliphatic carbocycles. The Morgan fingerprint density at radius 3 is 2.50 bits per heavy atom. The van der Waals surface area contributed by atoms with Crippen molar-refractivity contribution in [3.63, 3.8) is 0 Å².